The summed E-state index contributed by atoms with van der Waals surface area (Å²) in [5.41, 5.74) is 7.49. The zero-order chi connectivity index (χ0) is 29.8. The molecule has 4 rings (SSSR count). The Labute approximate surface area is 236 Å². The van der Waals surface area contributed by atoms with Gasteiger partial charge in [0.2, 0.25) is 5.91 Å². The second kappa shape index (κ2) is 12.3. The van der Waals surface area contributed by atoms with E-state index in [0.29, 0.717) is 46.7 Å². The van der Waals surface area contributed by atoms with Crippen LogP contribution in [0.3, 0.4) is 0 Å². The fourth-order valence-electron chi connectivity index (χ4n) is 4.83. The number of benzene rings is 2. The average Bonchev–Trinajstić information content (AvgIpc) is 3.28. The predicted molar refractivity (Wildman–Crippen MR) is 152 cm³/mol. The van der Waals surface area contributed by atoms with Crippen LogP contribution in [0.2, 0.25) is 0 Å². The second-order valence-electron chi connectivity index (χ2n) is 9.97. The van der Waals surface area contributed by atoms with Crippen LogP contribution in [0, 0.1) is 11.8 Å². The zero-order valence-electron chi connectivity index (χ0n) is 22.7. The van der Waals surface area contributed by atoms with Gasteiger partial charge in [0.1, 0.15) is 12.3 Å². The van der Waals surface area contributed by atoms with Crippen molar-refractivity contribution in [3.8, 4) is 17.6 Å². The quantitative estimate of drug-likeness (QED) is 0.326. The third-order valence-electron chi connectivity index (χ3n) is 6.77. The number of likely N-dealkylation sites (tertiary alicyclic amines) is 1. The third kappa shape index (κ3) is 8.08. The summed E-state index contributed by atoms with van der Waals surface area (Å²) in [5, 5.41) is 7.22. The van der Waals surface area contributed by atoms with Crippen molar-refractivity contribution >= 4 is 38.0 Å². The molecule has 1 amide bonds. The molecule has 0 unspecified atom stereocenters. The van der Waals surface area contributed by atoms with Gasteiger partial charge in [-0.1, -0.05) is 11.8 Å². The number of sulfone groups is 1. The first-order valence-electron chi connectivity index (χ1n) is 12.9. The van der Waals surface area contributed by atoms with Crippen LogP contribution >= 0.6 is 0 Å². The van der Waals surface area contributed by atoms with Gasteiger partial charge in [-0.25, -0.2) is 8.42 Å². The van der Waals surface area contributed by atoms with Gasteiger partial charge < -0.3 is 25.7 Å². The topological polar surface area (TPSA) is 119 Å². The van der Waals surface area contributed by atoms with Crippen molar-refractivity contribution in [3.63, 3.8) is 0 Å². The SMILES string of the molecule is COc1cc(S(C)(=O)=O)ccc1NCC#Cc1cc(NC2CCN(CC(N)=O)CC2)c2ccn(CC(F)(F)F)c2c1. The van der Waals surface area contributed by atoms with E-state index in [4.69, 9.17) is 10.5 Å². The normalized spacial score (nSPS) is 14.9. The summed E-state index contributed by atoms with van der Waals surface area (Å²) >= 11 is 0. The predicted octanol–water partition coefficient (Wildman–Crippen LogP) is 3.44. The molecule has 13 heteroatoms. The number of amides is 1. The molecule has 41 heavy (non-hydrogen) atoms. The van der Waals surface area contributed by atoms with E-state index in [1.165, 1.54) is 25.4 Å². The number of hydrogen-bond acceptors (Lipinski definition) is 7. The average molecular weight is 592 g/mol. The third-order valence-corrected chi connectivity index (χ3v) is 7.88. The number of nitrogens with zero attached hydrogens (tertiary/aromatic N) is 2. The first-order chi connectivity index (χ1) is 19.3. The monoisotopic (exact) mass is 591 g/mol. The van der Waals surface area contributed by atoms with E-state index in [2.05, 4.69) is 22.5 Å². The van der Waals surface area contributed by atoms with Gasteiger partial charge >= 0.3 is 6.18 Å². The number of nitrogens with two attached hydrogens (primary N) is 1. The molecule has 0 radical (unpaired) electrons. The molecular weight excluding hydrogens is 559 g/mol. The summed E-state index contributed by atoms with van der Waals surface area (Å²) < 4.78 is 69.9. The molecule has 3 aromatic rings. The van der Waals surface area contributed by atoms with Gasteiger partial charge in [-0.3, -0.25) is 9.69 Å². The van der Waals surface area contributed by atoms with E-state index in [0.717, 1.165) is 23.7 Å². The van der Waals surface area contributed by atoms with E-state index in [-0.39, 0.29) is 29.9 Å². The molecule has 2 aromatic carbocycles. The summed E-state index contributed by atoms with van der Waals surface area (Å²) in [5.74, 6) is 5.97. The Morgan fingerprint density at radius 3 is 2.51 bits per heavy atom. The van der Waals surface area contributed by atoms with Gasteiger partial charge in [0.05, 0.1) is 36.3 Å². The highest BCUT2D eigenvalue weighted by Gasteiger charge is 2.29. The molecule has 4 N–H and O–H groups in total. The molecule has 1 saturated heterocycles. The molecule has 1 aliphatic heterocycles. The lowest BCUT2D eigenvalue weighted by molar-refractivity contribution is -0.139. The fraction of sp³-hybridized carbons (Fsp3) is 0.393. The van der Waals surface area contributed by atoms with Gasteiger partial charge in [-0.05, 0) is 43.2 Å². The Hall–Kier alpha value is -3.89. The van der Waals surface area contributed by atoms with Crippen LogP contribution in [0.1, 0.15) is 18.4 Å². The Kier molecular flexibility index (Phi) is 9.04. The minimum absolute atomic E-state index is 0.0699. The number of alkyl halides is 3. The van der Waals surface area contributed by atoms with Crippen molar-refractivity contribution < 1.29 is 31.1 Å². The maximum absolute atomic E-state index is 13.3. The van der Waals surface area contributed by atoms with E-state index >= 15 is 0 Å². The Balaban J connectivity index is 1.55. The maximum Gasteiger partial charge on any atom is 0.406 e. The van der Waals surface area contributed by atoms with Crippen LogP contribution in [0.4, 0.5) is 24.5 Å². The van der Waals surface area contributed by atoms with Crippen LogP contribution in [0.5, 0.6) is 5.75 Å². The molecule has 0 bridgehead atoms. The van der Waals surface area contributed by atoms with E-state index in [1.54, 1.807) is 18.2 Å². The number of ether oxygens (including phenoxy) is 1. The molecule has 1 aliphatic rings. The molecule has 1 aromatic heterocycles. The minimum atomic E-state index is -4.38. The number of carbonyl (C=O) groups is 1. The largest absolute Gasteiger partial charge is 0.495 e. The first-order valence-corrected chi connectivity index (χ1v) is 14.8. The molecular formula is C28H32F3N5O4S. The lowest BCUT2D eigenvalue weighted by Gasteiger charge is -2.32. The fourth-order valence-corrected chi connectivity index (χ4v) is 5.46. The summed E-state index contributed by atoms with van der Waals surface area (Å²) in [6.07, 6.45) is -0.359. The molecule has 0 aliphatic carbocycles. The van der Waals surface area contributed by atoms with Crippen molar-refractivity contribution in [2.75, 3.05) is 50.2 Å². The maximum atomic E-state index is 13.3. The number of piperidine rings is 1. The molecule has 2 heterocycles. The number of aromatic nitrogens is 1. The number of halogens is 3. The Morgan fingerprint density at radius 2 is 1.88 bits per heavy atom. The number of primary amides is 1. The molecule has 1 fully saturated rings. The van der Waals surface area contributed by atoms with Gasteiger partial charge in [-0.2, -0.15) is 13.2 Å². The first kappa shape index (κ1) is 30.1. The highest BCUT2D eigenvalue weighted by atomic mass is 32.2. The van der Waals surface area contributed by atoms with E-state index in [9.17, 15) is 26.4 Å². The number of anilines is 2. The van der Waals surface area contributed by atoms with E-state index in [1.807, 2.05) is 11.0 Å². The van der Waals surface area contributed by atoms with Crippen LogP contribution in [0.25, 0.3) is 10.9 Å². The lowest BCUT2D eigenvalue weighted by atomic mass is 10.0. The number of fused-ring (bicyclic) bond motifs is 1. The van der Waals surface area contributed by atoms with Crippen molar-refractivity contribution in [1.29, 1.82) is 0 Å². The molecule has 0 spiro atoms. The summed E-state index contributed by atoms with van der Waals surface area (Å²) in [6, 6.07) is 9.67. The number of methoxy groups -OCH3 is 1. The summed E-state index contributed by atoms with van der Waals surface area (Å²) in [7, 11) is -1.97. The number of carbonyl (C=O) groups excluding carboxylic acids is 1. The highest BCUT2D eigenvalue weighted by molar-refractivity contribution is 7.90. The summed E-state index contributed by atoms with van der Waals surface area (Å²) in [4.78, 5) is 13.3. The second-order valence-corrected chi connectivity index (χ2v) is 12.0. The number of rotatable bonds is 9. The smallest absolute Gasteiger partial charge is 0.406 e. The van der Waals surface area contributed by atoms with Gasteiger partial charge in [0.15, 0.2) is 9.84 Å². The Morgan fingerprint density at radius 1 is 1.15 bits per heavy atom. The summed E-state index contributed by atoms with van der Waals surface area (Å²) in [6.45, 7) is 0.613. The van der Waals surface area contributed by atoms with Crippen LogP contribution < -0.4 is 21.1 Å². The van der Waals surface area contributed by atoms with Gasteiger partial charge in [-0.15, -0.1) is 0 Å². The van der Waals surface area contributed by atoms with Crippen LogP contribution in [-0.4, -0.2) is 75.6 Å². The molecule has 0 atom stereocenters. The highest BCUT2D eigenvalue weighted by Crippen LogP contribution is 2.31. The van der Waals surface area contributed by atoms with Gasteiger partial charge in [0, 0.05) is 54.3 Å². The van der Waals surface area contributed by atoms with Crippen molar-refractivity contribution in [3.05, 3.63) is 48.2 Å². The van der Waals surface area contributed by atoms with Crippen molar-refractivity contribution in [1.82, 2.24) is 9.47 Å². The van der Waals surface area contributed by atoms with Crippen LogP contribution in [0.15, 0.2) is 47.5 Å². The number of nitrogens with one attached hydrogen (secondary N) is 2. The van der Waals surface area contributed by atoms with Crippen molar-refractivity contribution in [2.45, 2.75) is 36.5 Å². The molecule has 0 saturated carbocycles. The molecule has 220 valence electrons. The minimum Gasteiger partial charge on any atom is -0.495 e. The van der Waals surface area contributed by atoms with Crippen molar-refractivity contribution in [2.24, 2.45) is 5.73 Å². The van der Waals surface area contributed by atoms with Crippen LogP contribution in [-0.2, 0) is 21.2 Å². The van der Waals surface area contributed by atoms with E-state index < -0.39 is 22.6 Å². The lowest BCUT2D eigenvalue weighted by Crippen LogP contribution is -2.42. The zero-order valence-corrected chi connectivity index (χ0v) is 23.5. The standard InChI is InChI=1S/C28H32F3N5O4S/c1-40-26-16-21(41(2,38)39)5-6-23(26)33-10-3-4-19-14-24(34-20-7-11-35(12-8-20)17-27(32)37)22-9-13-36(25(22)15-19)18-28(29,30)31/h5-6,9,13-16,20,33-34H,7-8,10-12,17-18H2,1-2H3,(H2,32,37). The Bertz CT molecular complexity index is 1580. The molecule has 9 nitrogen and oxygen atoms in total. The number of hydrogen-bond donors (Lipinski definition) is 3. The van der Waals surface area contributed by atoms with Gasteiger partial charge in [0.25, 0.3) is 0 Å².